The average Bonchev–Trinajstić information content (AvgIpc) is 2.35. The van der Waals surface area contributed by atoms with Gasteiger partial charge in [-0.05, 0) is 38.0 Å². The lowest BCUT2D eigenvalue weighted by atomic mass is 10.2. The van der Waals surface area contributed by atoms with E-state index >= 15 is 0 Å². The normalized spacial score (nSPS) is 10.7. The summed E-state index contributed by atoms with van der Waals surface area (Å²) < 4.78 is 16.0. The molecule has 4 heteroatoms. The highest BCUT2D eigenvalue weighted by Crippen LogP contribution is 2.29. The third-order valence-corrected chi connectivity index (χ3v) is 2.31. The Morgan fingerprint density at radius 1 is 1.16 bits per heavy atom. The van der Waals surface area contributed by atoms with Gasteiger partial charge >= 0.3 is 5.97 Å². The molecule has 0 saturated heterocycles. The highest BCUT2D eigenvalue weighted by molar-refractivity contribution is 5.90. The van der Waals surface area contributed by atoms with E-state index in [1.54, 1.807) is 25.3 Å². The molecule has 0 saturated carbocycles. The van der Waals surface area contributed by atoms with Crippen molar-refractivity contribution in [1.82, 2.24) is 0 Å². The van der Waals surface area contributed by atoms with Gasteiger partial charge in [-0.1, -0.05) is 13.8 Å². The summed E-state index contributed by atoms with van der Waals surface area (Å²) in [5, 5.41) is 0. The van der Waals surface area contributed by atoms with Crippen molar-refractivity contribution in [3.63, 3.8) is 0 Å². The molecule has 0 heterocycles. The van der Waals surface area contributed by atoms with Crippen LogP contribution in [-0.2, 0) is 4.74 Å². The van der Waals surface area contributed by atoms with E-state index in [1.165, 1.54) is 0 Å². The van der Waals surface area contributed by atoms with E-state index in [2.05, 4.69) is 0 Å². The maximum Gasteiger partial charge on any atom is 0.338 e. The standard InChI is InChI=1S/C15H22O4/c1-10(2)9-18-15(16)12-6-7-13(19-11(3)4)14(8-12)17-5/h6-8,10-11H,9H2,1-5H3. The van der Waals surface area contributed by atoms with Crippen molar-refractivity contribution in [2.45, 2.75) is 33.8 Å². The molecular formula is C15H22O4. The van der Waals surface area contributed by atoms with E-state index < -0.39 is 0 Å². The summed E-state index contributed by atoms with van der Waals surface area (Å²) in [6, 6.07) is 5.05. The summed E-state index contributed by atoms with van der Waals surface area (Å²) in [6.07, 6.45) is 0.0487. The molecule has 0 atom stereocenters. The third kappa shape index (κ3) is 4.81. The summed E-state index contributed by atoms with van der Waals surface area (Å²) in [5.74, 6) is 1.13. The smallest absolute Gasteiger partial charge is 0.338 e. The molecule has 0 fully saturated rings. The Morgan fingerprint density at radius 3 is 2.37 bits per heavy atom. The van der Waals surface area contributed by atoms with Gasteiger partial charge in [0, 0.05) is 0 Å². The van der Waals surface area contributed by atoms with Gasteiger partial charge in [0.15, 0.2) is 11.5 Å². The first-order valence-corrected chi connectivity index (χ1v) is 6.45. The summed E-state index contributed by atoms with van der Waals surface area (Å²) in [7, 11) is 1.55. The van der Waals surface area contributed by atoms with Crippen molar-refractivity contribution in [3.8, 4) is 11.5 Å². The molecule has 0 amide bonds. The van der Waals surface area contributed by atoms with E-state index in [-0.39, 0.29) is 12.1 Å². The molecule has 0 radical (unpaired) electrons. The first kappa shape index (κ1) is 15.3. The largest absolute Gasteiger partial charge is 0.493 e. The van der Waals surface area contributed by atoms with Crippen LogP contribution in [0.5, 0.6) is 11.5 Å². The number of methoxy groups -OCH3 is 1. The van der Waals surface area contributed by atoms with Crippen LogP contribution in [0.15, 0.2) is 18.2 Å². The molecule has 0 aliphatic heterocycles. The number of hydrogen-bond acceptors (Lipinski definition) is 4. The van der Waals surface area contributed by atoms with Crippen LogP contribution in [0, 0.1) is 5.92 Å². The van der Waals surface area contributed by atoms with Gasteiger partial charge in [0.1, 0.15) is 0 Å². The minimum atomic E-state index is -0.344. The van der Waals surface area contributed by atoms with Gasteiger partial charge in [0.05, 0.1) is 25.4 Å². The lowest BCUT2D eigenvalue weighted by Gasteiger charge is -2.14. The van der Waals surface area contributed by atoms with E-state index in [9.17, 15) is 4.79 Å². The average molecular weight is 266 g/mol. The van der Waals surface area contributed by atoms with Crippen LogP contribution in [0.3, 0.4) is 0 Å². The van der Waals surface area contributed by atoms with Crippen LogP contribution in [0.1, 0.15) is 38.1 Å². The minimum absolute atomic E-state index is 0.0487. The minimum Gasteiger partial charge on any atom is -0.493 e. The molecule has 0 unspecified atom stereocenters. The molecule has 1 aromatic rings. The molecular weight excluding hydrogens is 244 g/mol. The fourth-order valence-corrected chi connectivity index (χ4v) is 1.47. The lowest BCUT2D eigenvalue weighted by Crippen LogP contribution is -2.11. The fourth-order valence-electron chi connectivity index (χ4n) is 1.47. The SMILES string of the molecule is COc1cc(C(=O)OCC(C)C)ccc1OC(C)C. The monoisotopic (exact) mass is 266 g/mol. The van der Waals surface area contributed by atoms with Gasteiger partial charge in [-0.2, -0.15) is 0 Å². The predicted molar refractivity (Wildman–Crippen MR) is 73.9 cm³/mol. The maximum absolute atomic E-state index is 11.8. The molecule has 0 aromatic heterocycles. The third-order valence-electron chi connectivity index (χ3n) is 2.31. The quantitative estimate of drug-likeness (QED) is 0.741. The highest BCUT2D eigenvalue weighted by atomic mass is 16.5. The van der Waals surface area contributed by atoms with Gasteiger partial charge in [-0.3, -0.25) is 0 Å². The van der Waals surface area contributed by atoms with Gasteiger partial charge < -0.3 is 14.2 Å². The predicted octanol–water partition coefficient (Wildman–Crippen LogP) is 3.30. The summed E-state index contributed by atoms with van der Waals surface area (Å²) in [5.41, 5.74) is 0.466. The van der Waals surface area contributed by atoms with Crippen molar-refractivity contribution >= 4 is 5.97 Å². The van der Waals surface area contributed by atoms with Crippen molar-refractivity contribution in [3.05, 3.63) is 23.8 Å². The number of ether oxygens (including phenoxy) is 3. The first-order valence-electron chi connectivity index (χ1n) is 6.45. The van der Waals surface area contributed by atoms with Gasteiger partial charge in [0.2, 0.25) is 0 Å². The van der Waals surface area contributed by atoms with Gasteiger partial charge in [-0.15, -0.1) is 0 Å². The Labute approximate surface area is 114 Å². The number of carbonyl (C=O) groups is 1. The zero-order valence-electron chi connectivity index (χ0n) is 12.2. The van der Waals surface area contributed by atoms with Crippen LogP contribution in [-0.4, -0.2) is 25.8 Å². The molecule has 106 valence electrons. The second-order valence-corrected chi connectivity index (χ2v) is 5.02. The van der Waals surface area contributed by atoms with Crippen molar-refractivity contribution in [2.24, 2.45) is 5.92 Å². The molecule has 19 heavy (non-hydrogen) atoms. The maximum atomic E-state index is 11.8. The number of hydrogen-bond donors (Lipinski definition) is 0. The Bertz CT molecular complexity index is 424. The topological polar surface area (TPSA) is 44.8 Å². The van der Waals surface area contributed by atoms with Crippen molar-refractivity contribution < 1.29 is 19.0 Å². The Hall–Kier alpha value is -1.71. The van der Waals surface area contributed by atoms with E-state index in [0.717, 1.165) is 0 Å². The molecule has 0 spiro atoms. The first-order chi connectivity index (χ1) is 8.93. The molecule has 1 aromatic carbocycles. The van der Waals surface area contributed by atoms with Crippen LogP contribution in [0.4, 0.5) is 0 Å². The molecule has 0 bridgehead atoms. The van der Waals surface area contributed by atoms with Crippen LogP contribution in [0.25, 0.3) is 0 Å². The van der Waals surface area contributed by atoms with Crippen LogP contribution in [0.2, 0.25) is 0 Å². The second kappa shape index (κ2) is 7.02. The molecule has 0 aliphatic rings. The van der Waals surface area contributed by atoms with Crippen molar-refractivity contribution in [2.75, 3.05) is 13.7 Å². The van der Waals surface area contributed by atoms with E-state index in [1.807, 2.05) is 27.7 Å². The number of benzene rings is 1. The van der Waals surface area contributed by atoms with Crippen molar-refractivity contribution in [1.29, 1.82) is 0 Å². The summed E-state index contributed by atoms with van der Waals surface area (Å²) in [6.45, 7) is 8.26. The van der Waals surface area contributed by atoms with E-state index in [4.69, 9.17) is 14.2 Å². The fraction of sp³-hybridized carbons (Fsp3) is 0.533. The Kier molecular flexibility index (Phi) is 5.67. The molecule has 0 aliphatic carbocycles. The zero-order valence-corrected chi connectivity index (χ0v) is 12.2. The van der Waals surface area contributed by atoms with Crippen LogP contribution < -0.4 is 9.47 Å². The summed E-state index contributed by atoms with van der Waals surface area (Å²) in [4.78, 5) is 11.8. The zero-order chi connectivity index (χ0) is 14.4. The Morgan fingerprint density at radius 2 is 1.84 bits per heavy atom. The molecule has 1 rings (SSSR count). The van der Waals surface area contributed by atoms with Gasteiger partial charge in [-0.25, -0.2) is 4.79 Å². The van der Waals surface area contributed by atoms with Gasteiger partial charge in [0.25, 0.3) is 0 Å². The number of esters is 1. The Balaban J connectivity index is 2.84. The lowest BCUT2D eigenvalue weighted by molar-refractivity contribution is 0.0458. The number of carbonyl (C=O) groups excluding carboxylic acids is 1. The summed E-state index contributed by atoms with van der Waals surface area (Å²) >= 11 is 0. The molecule has 4 nitrogen and oxygen atoms in total. The molecule has 0 N–H and O–H groups in total. The second-order valence-electron chi connectivity index (χ2n) is 5.02. The van der Waals surface area contributed by atoms with Crippen LogP contribution >= 0.6 is 0 Å². The highest BCUT2D eigenvalue weighted by Gasteiger charge is 2.13. The van der Waals surface area contributed by atoms with E-state index in [0.29, 0.717) is 29.6 Å². The number of rotatable bonds is 6.